The van der Waals surface area contributed by atoms with Crippen molar-refractivity contribution >= 4 is 17.2 Å². The molecule has 0 aliphatic rings. The van der Waals surface area contributed by atoms with Gasteiger partial charge in [-0.2, -0.15) is 0 Å². The van der Waals surface area contributed by atoms with E-state index < -0.39 is 11.0 Å². The van der Waals surface area contributed by atoms with Crippen LogP contribution >= 0.6 is 11.3 Å². The second-order valence-corrected chi connectivity index (χ2v) is 7.75. The van der Waals surface area contributed by atoms with E-state index in [9.17, 15) is 9.90 Å². The maximum absolute atomic E-state index is 12.6. The Labute approximate surface area is 147 Å². The third-order valence-electron chi connectivity index (χ3n) is 4.08. The standard InChI is InChI=1S/C19H25NO3S/c1-18(2,12-14-8-5-6-9-15(14)23-4)17(21)20-13-19(3,22)16-10-7-11-24-16/h5-11,22H,12-13H2,1-4H3,(H,20,21). The van der Waals surface area contributed by atoms with Crippen LogP contribution in [0.3, 0.4) is 0 Å². The van der Waals surface area contributed by atoms with E-state index in [-0.39, 0.29) is 12.5 Å². The lowest BCUT2D eigenvalue weighted by atomic mass is 9.84. The Bertz CT molecular complexity index is 678. The molecule has 0 bridgehead atoms. The molecule has 2 N–H and O–H groups in total. The van der Waals surface area contributed by atoms with Gasteiger partial charge in [0.2, 0.25) is 5.91 Å². The number of para-hydroxylation sites is 1. The second-order valence-electron chi connectivity index (χ2n) is 6.81. The molecule has 2 aromatic rings. The molecule has 24 heavy (non-hydrogen) atoms. The Morgan fingerprint density at radius 1 is 1.21 bits per heavy atom. The second kappa shape index (κ2) is 7.36. The molecule has 1 heterocycles. The number of carbonyl (C=O) groups excluding carboxylic acids is 1. The third kappa shape index (κ3) is 4.36. The number of aliphatic hydroxyl groups is 1. The number of methoxy groups -OCH3 is 1. The van der Waals surface area contributed by atoms with E-state index in [1.807, 2.05) is 55.6 Å². The molecule has 5 heteroatoms. The molecule has 1 atom stereocenters. The van der Waals surface area contributed by atoms with Gasteiger partial charge in [0, 0.05) is 10.3 Å². The molecule has 0 aliphatic heterocycles. The highest BCUT2D eigenvalue weighted by Gasteiger charge is 2.32. The molecule has 0 saturated carbocycles. The molecule has 0 spiro atoms. The minimum absolute atomic E-state index is 0.0924. The van der Waals surface area contributed by atoms with E-state index in [0.717, 1.165) is 16.2 Å². The van der Waals surface area contributed by atoms with Crippen LogP contribution in [0.1, 0.15) is 31.2 Å². The first-order chi connectivity index (χ1) is 11.3. The summed E-state index contributed by atoms with van der Waals surface area (Å²) in [7, 11) is 1.63. The molecular formula is C19H25NO3S. The molecule has 2 rings (SSSR count). The fourth-order valence-electron chi connectivity index (χ4n) is 2.57. The van der Waals surface area contributed by atoms with Gasteiger partial charge in [-0.1, -0.05) is 38.1 Å². The van der Waals surface area contributed by atoms with Gasteiger partial charge >= 0.3 is 0 Å². The van der Waals surface area contributed by atoms with Crippen LogP contribution in [-0.4, -0.2) is 24.7 Å². The summed E-state index contributed by atoms with van der Waals surface area (Å²) in [5.74, 6) is 0.689. The number of nitrogens with one attached hydrogen (secondary N) is 1. The summed E-state index contributed by atoms with van der Waals surface area (Å²) in [6, 6.07) is 11.5. The minimum Gasteiger partial charge on any atom is -0.496 e. The monoisotopic (exact) mass is 347 g/mol. The molecule has 130 valence electrons. The van der Waals surface area contributed by atoms with Crippen molar-refractivity contribution in [2.24, 2.45) is 5.41 Å². The van der Waals surface area contributed by atoms with E-state index in [4.69, 9.17) is 4.74 Å². The maximum atomic E-state index is 12.6. The minimum atomic E-state index is -1.07. The van der Waals surface area contributed by atoms with Crippen molar-refractivity contribution in [2.75, 3.05) is 13.7 Å². The van der Waals surface area contributed by atoms with Crippen LogP contribution in [-0.2, 0) is 16.8 Å². The zero-order valence-electron chi connectivity index (χ0n) is 14.6. The van der Waals surface area contributed by atoms with Gasteiger partial charge in [0.25, 0.3) is 0 Å². The molecule has 1 aromatic carbocycles. The molecule has 4 nitrogen and oxygen atoms in total. The Morgan fingerprint density at radius 2 is 1.92 bits per heavy atom. The van der Waals surface area contributed by atoms with Crippen molar-refractivity contribution in [3.8, 4) is 5.75 Å². The Hall–Kier alpha value is -1.85. The van der Waals surface area contributed by atoms with Crippen LogP contribution in [0.5, 0.6) is 5.75 Å². The van der Waals surface area contributed by atoms with Gasteiger partial charge in [0.05, 0.1) is 13.7 Å². The predicted octanol–water partition coefficient (Wildman–Crippen LogP) is 3.35. The number of hydrogen-bond acceptors (Lipinski definition) is 4. The average Bonchev–Trinajstić information content (AvgIpc) is 3.08. The number of ether oxygens (including phenoxy) is 1. The van der Waals surface area contributed by atoms with Crippen LogP contribution in [0.25, 0.3) is 0 Å². The number of carbonyl (C=O) groups is 1. The van der Waals surface area contributed by atoms with Crippen LogP contribution in [0.2, 0.25) is 0 Å². The van der Waals surface area contributed by atoms with Gasteiger partial charge in [-0.3, -0.25) is 4.79 Å². The number of amides is 1. The number of thiophene rings is 1. The lowest BCUT2D eigenvalue weighted by molar-refractivity contribution is -0.130. The van der Waals surface area contributed by atoms with Crippen LogP contribution in [0.4, 0.5) is 0 Å². The predicted molar refractivity (Wildman–Crippen MR) is 97.4 cm³/mol. The molecular weight excluding hydrogens is 322 g/mol. The largest absolute Gasteiger partial charge is 0.496 e. The average molecular weight is 347 g/mol. The van der Waals surface area contributed by atoms with Crippen molar-refractivity contribution in [2.45, 2.75) is 32.8 Å². The first kappa shape index (κ1) is 18.5. The number of rotatable bonds is 7. The fourth-order valence-corrected chi connectivity index (χ4v) is 3.36. The molecule has 1 unspecified atom stereocenters. The first-order valence-corrected chi connectivity index (χ1v) is 8.81. The van der Waals surface area contributed by atoms with E-state index in [0.29, 0.717) is 6.42 Å². The summed E-state index contributed by atoms with van der Waals surface area (Å²) in [4.78, 5) is 13.5. The summed E-state index contributed by atoms with van der Waals surface area (Å²) in [6.45, 7) is 5.69. The van der Waals surface area contributed by atoms with Gasteiger partial charge in [0.1, 0.15) is 11.4 Å². The Morgan fingerprint density at radius 3 is 2.54 bits per heavy atom. The Balaban J connectivity index is 2.02. The van der Waals surface area contributed by atoms with Crippen molar-refractivity contribution in [1.29, 1.82) is 0 Å². The van der Waals surface area contributed by atoms with E-state index >= 15 is 0 Å². The van der Waals surface area contributed by atoms with Gasteiger partial charge in [-0.25, -0.2) is 0 Å². The summed E-state index contributed by atoms with van der Waals surface area (Å²) in [6.07, 6.45) is 0.560. The number of benzene rings is 1. The molecule has 0 aliphatic carbocycles. The topological polar surface area (TPSA) is 58.6 Å². The highest BCUT2D eigenvalue weighted by molar-refractivity contribution is 7.10. The smallest absolute Gasteiger partial charge is 0.226 e. The van der Waals surface area contributed by atoms with E-state index in [2.05, 4.69) is 5.32 Å². The number of hydrogen-bond donors (Lipinski definition) is 2. The molecule has 1 aromatic heterocycles. The van der Waals surface area contributed by atoms with Crippen LogP contribution in [0.15, 0.2) is 41.8 Å². The van der Waals surface area contributed by atoms with Gasteiger partial charge in [-0.05, 0) is 36.4 Å². The molecule has 1 amide bonds. The normalized spacial score (nSPS) is 14.0. The quantitative estimate of drug-likeness (QED) is 0.807. The lowest BCUT2D eigenvalue weighted by Gasteiger charge is -2.28. The van der Waals surface area contributed by atoms with E-state index in [1.54, 1.807) is 14.0 Å². The Kier molecular flexibility index (Phi) is 5.67. The summed E-state index contributed by atoms with van der Waals surface area (Å²) >= 11 is 1.48. The summed E-state index contributed by atoms with van der Waals surface area (Å²) in [5.41, 5.74) is -0.685. The van der Waals surface area contributed by atoms with Crippen LogP contribution in [0, 0.1) is 5.41 Å². The molecule has 0 saturated heterocycles. The summed E-state index contributed by atoms with van der Waals surface area (Å²) in [5, 5.41) is 15.3. The molecule has 0 radical (unpaired) electrons. The third-order valence-corrected chi connectivity index (χ3v) is 5.21. The van der Waals surface area contributed by atoms with Crippen LogP contribution < -0.4 is 10.1 Å². The SMILES string of the molecule is COc1ccccc1CC(C)(C)C(=O)NCC(C)(O)c1cccs1. The van der Waals surface area contributed by atoms with Gasteiger partial charge in [-0.15, -0.1) is 11.3 Å². The highest BCUT2D eigenvalue weighted by atomic mass is 32.1. The lowest BCUT2D eigenvalue weighted by Crippen LogP contribution is -2.44. The van der Waals surface area contributed by atoms with Crippen molar-refractivity contribution in [1.82, 2.24) is 5.32 Å². The van der Waals surface area contributed by atoms with Crippen molar-refractivity contribution < 1.29 is 14.6 Å². The zero-order valence-corrected chi connectivity index (χ0v) is 15.4. The van der Waals surface area contributed by atoms with Gasteiger partial charge < -0.3 is 15.2 Å². The van der Waals surface area contributed by atoms with Crippen molar-refractivity contribution in [3.63, 3.8) is 0 Å². The zero-order chi connectivity index (χ0) is 17.8. The molecule has 0 fully saturated rings. The van der Waals surface area contributed by atoms with E-state index in [1.165, 1.54) is 11.3 Å². The van der Waals surface area contributed by atoms with Crippen molar-refractivity contribution in [3.05, 3.63) is 52.2 Å². The first-order valence-electron chi connectivity index (χ1n) is 7.93. The van der Waals surface area contributed by atoms with Gasteiger partial charge in [0.15, 0.2) is 0 Å². The summed E-state index contributed by atoms with van der Waals surface area (Å²) < 4.78 is 5.36. The highest BCUT2D eigenvalue weighted by Crippen LogP contribution is 2.29. The maximum Gasteiger partial charge on any atom is 0.226 e. The fraction of sp³-hybridized carbons (Fsp3) is 0.421.